The van der Waals surface area contributed by atoms with E-state index >= 15 is 0 Å². The summed E-state index contributed by atoms with van der Waals surface area (Å²) < 4.78 is 44.0. The summed E-state index contributed by atoms with van der Waals surface area (Å²) in [5.74, 6) is 0.943. The van der Waals surface area contributed by atoms with Gasteiger partial charge in [0.1, 0.15) is 5.82 Å². The number of aromatic amines is 1. The average molecular weight is 461 g/mol. The summed E-state index contributed by atoms with van der Waals surface area (Å²) in [4.78, 5) is 7.43. The first-order valence-corrected chi connectivity index (χ1v) is 10.3. The van der Waals surface area contributed by atoms with Crippen LogP contribution in [-0.4, -0.2) is 27.3 Å². The van der Waals surface area contributed by atoms with Crippen molar-refractivity contribution in [3.05, 3.63) is 84.4 Å². The molecular formula is C25H18F3N5O. The number of nitrogens with one attached hydrogen (secondary N) is 2. The van der Waals surface area contributed by atoms with Crippen LogP contribution in [0.3, 0.4) is 0 Å². The van der Waals surface area contributed by atoms with Gasteiger partial charge in [-0.25, -0.2) is 4.98 Å². The van der Waals surface area contributed by atoms with Crippen LogP contribution in [0, 0.1) is 0 Å². The summed E-state index contributed by atoms with van der Waals surface area (Å²) in [7, 11) is 1.54. The first-order chi connectivity index (χ1) is 16.4. The van der Waals surface area contributed by atoms with Crippen molar-refractivity contribution in [1.29, 1.82) is 0 Å². The van der Waals surface area contributed by atoms with Gasteiger partial charge in [0.2, 0.25) is 5.88 Å². The summed E-state index contributed by atoms with van der Waals surface area (Å²) in [5, 5.41) is 11.5. The zero-order chi connectivity index (χ0) is 23.7. The third-order valence-electron chi connectivity index (χ3n) is 5.26. The van der Waals surface area contributed by atoms with Crippen LogP contribution < -0.4 is 10.1 Å². The smallest absolute Gasteiger partial charge is 0.416 e. The van der Waals surface area contributed by atoms with Gasteiger partial charge in [-0.1, -0.05) is 24.3 Å². The number of fused-ring (bicyclic) bond motifs is 1. The highest BCUT2D eigenvalue weighted by Crippen LogP contribution is 2.32. The molecule has 0 spiro atoms. The zero-order valence-electron chi connectivity index (χ0n) is 17.9. The number of aromatic nitrogens is 4. The normalized spacial score (nSPS) is 11.5. The van der Waals surface area contributed by atoms with E-state index in [-0.39, 0.29) is 0 Å². The number of anilines is 2. The number of imidazole rings is 1. The minimum Gasteiger partial charge on any atom is -0.480 e. The molecule has 0 aliphatic carbocycles. The van der Waals surface area contributed by atoms with E-state index in [0.717, 1.165) is 40.3 Å². The molecule has 0 saturated heterocycles. The number of H-pyrrole nitrogens is 1. The topological polar surface area (TPSA) is 75.7 Å². The monoisotopic (exact) mass is 461 g/mol. The lowest BCUT2D eigenvalue weighted by atomic mass is 10.1. The molecule has 2 aromatic heterocycles. The number of nitrogens with zero attached hydrogens (tertiary/aromatic N) is 3. The number of hydrogen-bond acceptors (Lipinski definition) is 5. The molecule has 2 N–H and O–H groups in total. The van der Waals surface area contributed by atoms with Crippen LogP contribution in [0.5, 0.6) is 5.88 Å². The molecule has 0 aliphatic heterocycles. The van der Waals surface area contributed by atoms with E-state index in [0.29, 0.717) is 22.7 Å². The van der Waals surface area contributed by atoms with Crippen LogP contribution >= 0.6 is 0 Å². The molecule has 170 valence electrons. The molecule has 3 aromatic carbocycles. The Kier molecular flexibility index (Phi) is 5.37. The highest BCUT2D eigenvalue weighted by atomic mass is 19.4. The molecule has 6 nitrogen and oxygen atoms in total. The van der Waals surface area contributed by atoms with E-state index in [9.17, 15) is 13.2 Å². The Morgan fingerprint density at radius 3 is 2.35 bits per heavy atom. The van der Waals surface area contributed by atoms with Crippen LogP contribution in [0.25, 0.3) is 33.7 Å². The summed E-state index contributed by atoms with van der Waals surface area (Å²) in [6.45, 7) is 0. The van der Waals surface area contributed by atoms with Crippen molar-refractivity contribution in [2.75, 3.05) is 12.4 Å². The number of ether oxygens (including phenoxy) is 1. The molecule has 34 heavy (non-hydrogen) atoms. The summed E-state index contributed by atoms with van der Waals surface area (Å²) >= 11 is 0. The number of hydrogen-bond donors (Lipinski definition) is 2. The maximum atomic E-state index is 13.0. The van der Waals surface area contributed by atoms with Crippen molar-refractivity contribution >= 4 is 22.4 Å². The quantitative estimate of drug-likeness (QED) is 0.314. The highest BCUT2D eigenvalue weighted by molar-refractivity contribution is 5.81. The Hall–Kier alpha value is -4.40. The largest absolute Gasteiger partial charge is 0.480 e. The van der Waals surface area contributed by atoms with Gasteiger partial charge in [-0.05, 0) is 48.5 Å². The van der Waals surface area contributed by atoms with Gasteiger partial charge in [-0.15, -0.1) is 10.2 Å². The predicted octanol–water partition coefficient (Wildman–Crippen LogP) is 6.46. The summed E-state index contributed by atoms with van der Waals surface area (Å²) in [5.41, 5.74) is 4.16. The van der Waals surface area contributed by atoms with E-state index in [4.69, 9.17) is 4.74 Å². The number of halogens is 3. The van der Waals surface area contributed by atoms with Crippen molar-refractivity contribution in [3.8, 4) is 28.5 Å². The number of benzene rings is 3. The third kappa shape index (κ3) is 4.40. The standard InChI is InChI=1S/C25H18F3N5O/c1-34-23-12-11-20(32-33-23)15-5-8-18(9-6-15)29-19-4-2-3-16(13-19)24-30-21-10-7-17(25(26,27)28)14-22(21)31-24/h2-14,29H,1H3,(H,30,31). The Morgan fingerprint density at radius 1 is 0.824 bits per heavy atom. The predicted molar refractivity (Wildman–Crippen MR) is 124 cm³/mol. The van der Waals surface area contributed by atoms with Crippen LogP contribution in [0.1, 0.15) is 5.56 Å². The third-order valence-corrected chi connectivity index (χ3v) is 5.26. The maximum absolute atomic E-state index is 13.0. The van der Waals surface area contributed by atoms with Gasteiger partial charge < -0.3 is 15.0 Å². The zero-order valence-corrected chi connectivity index (χ0v) is 17.9. The van der Waals surface area contributed by atoms with Crippen molar-refractivity contribution in [2.24, 2.45) is 0 Å². The first kappa shape index (κ1) is 21.4. The number of methoxy groups -OCH3 is 1. The molecule has 0 fully saturated rings. The molecule has 0 aliphatic rings. The van der Waals surface area contributed by atoms with Gasteiger partial charge in [0.15, 0.2) is 0 Å². The van der Waals surface area contributed by atoms with Gasteiger partial charge in [-0.2, -0.15) is 13.2 Å². The Labute approximate surface area is 192 Å². The molecule has 0 amide bonds. The maximum Gasteiger partial charge on any atom is 0.416 e. The fourth-order valence-corrected chi connectivity index (χ4v) is 3.54. The molecule has 2 heterocycles. The van der Waals surface area contributed by atoms with Gasteiger partial charge >= 0.3 is 6.18 Å². The fourth-order valence-electron chi connectivity index (χ4n) is 3.54. The van der Waals surface area contributed by atoms with Gasteiger partial charge in [0, 0.05) is 28.6 Å². The Morgan fingerprint density at radius 2 is 1.65 bits per heavy atom. The van der Waals surface area contributed by atoms with E-state index in [1.165, 1.54) is 13.2 Å². The van der Waals surface area contributed by atoms with Gasteiger partial charge in [-0.3, -0.25) is 0 Å². The van der Waals surface area contributed by atoms with Gasteiger partial charge in [0.05, 0.1) is 29.4 Å². The minimum atomic E-state index is -4.40. The minimum absolute atomic E-state index is 0.334. The fraction of sp³-hybridized carbons (Fsp3) is 0.0800. The molecule has 0 radical (unpaired) electrons. The van der Waals surface area contributed by atoms with Crippen LogP contribution in [0.2, 0.25) is 0 Å². The Balaban J connectivity index is 1.36. The second kappa shape index (κ2) is 8.51. The molecule has 0 saturated carbocycles. The molecule has 5 aromatic rings. The van der Waals surface area contributed by atoms with Crippen molar-refractivity contribution in [3.63, 3.8) is 0 Å². The number of alkyl halides is 3. The van der Waals surface area contributed by atoms with Crippen LogP contribution in [0.15, 0.2) is 78.9 Å². The van der Waals surface area contributed by atoms with Crippen molar-refractivity contribution in [1.82, 2.24) is 20.2 Å². The molecule has 0 bridgehead atoms. The van der Waals surface area contributed by atoms with Crippen molar-refractivity contribution in [2.45, 2.75) is 6.18 Å². The summed E-state index contributed by atoms with van der Waals surface area (Å²) in [6.07, 6.45) is -4.40. The molecule has 9 heteroatoms. The Bertz CT molecular complexity index is 1440. The van der Waals surface area contributed by atoms with E-state index in [1.807, 2.05) is 54.6 Å². The van der Waals surface area contributed by atoms with Crippen LogP contribution in [-0.2, 0) is 6.18 Å². The lowest BCUT2D eigenvalue weighted by Crippen LogP contribution is -2.04. The molecule has 0 unspecified atom stereocenters. The second-order valence-corrected chi connectivity index (χ2v) is 7.56. The number of rotatable bonds is 5. The lowest BCUT2D eigenvalue weighted by Gasteiger charge is -2.09. The van der Waals surface area contributed by atoms with Crippen LogP contribution in [0.4, 0.5) is 24.5 Å². The lowest BCUT2D eigenvalue weighted by molar-refractivity contribution is -0.137. The molecule has 0 atom stereocenters. The van der Waals surface area contributed by atoms with E-state index < -0.39 is 11.7 Å². The highest BCUT2D eigenvalue weighted by Gasteiger charge is 2.30. The summed E-state index contributed by atoms with van der Waals surface area (Å²) in [6, 6.07) is 22.3. The van der Waals surface area contributed by atoms with E-state index in [2.05, 4.69) is 25.5 Å². The average Bonchev–Trinajstić information content (AvgIpc) is 3.28. The molecule has 5 rings (SSSR count). The molecular weight excluding hydrogens is 443 g/mol. The first-order valence-electron chi connectivity index (χ1n) is 10.3. The van der Waals surface area contributed by atoms with Crippen molar-refractivity contribution < 1.29 is 17.9 Å². The second-order valence-electron chi connectivity index (χ2n) is 7.56. The van der Waals surface area contributed by atoms with Gasteiger partial charge in [0.25, 0.3) is 0 Å². The van der Waals surface area contributed by atoms with E-state index in [1.54, 1.807) is 6.07 Å². The SMILES string of the molecule is COc1ccc(-c2ccc(Nc3cccc(-c4nc5ccc(C(F)(F)F)cc5[nH]4)c3)cc2)nn1.